The Morgan fingerprint density at radius 1 is 1.50 bits per heavy atom. The standard InChI is InChI=1S/C11H13NO4S2/c13-11(14)5-4-9-2-3-10(17-9)8-12-6-1-7-18(12,15)16/h2-5H,1,6-8H2,(H,13,14). The molecule has 1 saturated heterocycles. The topological polar surface area (TPSA) is 74.7 Å². The Bertz CT molecular complexity index is 574. The minimum atomic E-state index is -3.07. The van der Waals surface area contributed by atoms with Crippen LogP contribution < -0.4 is 0 Å². The molecule has 2 heterocycles. The maximum absolute atomic E-state index is 11.6. The van der Waals surface area contributed by atoms with E-state index in [9.17, 15) is 13.2 Å². The molecule has 0 bridgehead atoms. The van der Waals surface area contributed by atoms with Crippen LogP contribution in [0, 0.1) is 0 Å². The third-order valence-electron chi connectivity index (χ3n) is 2.61. The first-order valence-electron chi connectivity index (χ1n) is 5.45. The molecule has 98 valence electrons. The largest absolute Gasteiger partial charge is 0.478 e. The number of nitrogens with zero attached hydrogens (tertiary/aromatic N) is 1. The lowest BCUT2D eigenvalue weighted by molar-refractivity contribution is -0.131. The van der Waals surface area contributed by atoms with Gasteiger partial charge in [-0.1, -0.05) is 0 Å². The maximum atomic E-state index is 11.6. The number of rotatable bonds is 4. The van der Waals surface area contributed by atoms with Crippen molar-refractivity contribution in [2.45, 2.75) is 13.0 Å². The summed E-state index contributed by atoms with van der Waals surface area (Å²) in [5.41, 5.74) is 0. The zero-order valence-electron chi connectivity index (χ0n) is 9.57. The molecule has 1 aromatic rings. The van der Waals surface area contributed by atoms with Crippen molar-refractivity contribution in [1.29, 1.82) is 0 Å². The van der Waals surface area contributed by atoms with Crippen LogP contribution >= 0.6 is 11.3 Å². The van der Waals surface area contributed by atoms with Crippen molar-refractivity contribution >= 4 is 33.4 Å². The molecule has 7 heteroatoms. The first-order chi connectivity index (χ1) is 8.47. The summed E-state index contributed by atoms with van der Waals surface area (Å²) in [6.07, 6.45) is 3.26. The molecule has 18 heavy (non-hydrogen) atoms. The summed E-state index contributed by atoms with van der Waals surface area (Å²) >= 11 is 1.41. The van der Waals surface area contributed by atoms with Crippen LogP contribution in [0.25, 0.3) is 6.08 Å². The van der Waals surface area contributed by atoms with Crippen LogP contribution in [0.3, 0.4) is 0 Å². The number of sulfonamides is 1. The molecule has 0 amide bonds. The van der Waals surface area contributed by atoms with Crippen molar-refractivity contribution in [3.8, 4) is 0 Å². The van der Waals surface area contributed by atoms with E-state index in [2.05, 4.69) is 0 Å². The Balaban J connectivity index is 2.05. The van der Waals surface area contributed by atoms with E-state index in [-0.39, 0.29) is 5.75 Å². The van der Waals surface area contributed by atoms with Crippen LogP contribution in [0.4, 0.5) is 0 Å². The van der Waals surface area contributed by atoms with Gasteiger partial charge in [0.25, 0.3) is 0 Å². The number of carbonyl (C=O) groups is 1. The van der Waals surface area contributed by atoms with Crippen LogP contribution in [0.15, 0.2) is 18.2 Å². The van der Waals surface area contributed by atoms with Crippen LogP contribution in [0.5, 0.6) is 0 Å². The molecule has 0 radical (unpaired) electrons. The van der Waals surface area contributed by atoms with Gasteiger partial charge < -0.3 is 5.11 Å². The fraction of sp³-hybridized carbons (Fsp3) is 0.364. The molecule has 1 fully saturated rings. The molecule has 1 aromatic heterocycles. The van der Waals surface area contributed by atoms with Crippen molar-refractivity contribution in [2.24, 2.45) is 0 Å². The van der Waals surface area contributed by atoms with E-state index < -0.39 is 16.0 Å². The van der Waals surface area contributed by atoms with Gasteiger partial charge in [-0.25, -0.2) is 13.2 Å². The molecule has 1 aliphatic rings. The summed E-state index contributed by atoms with van der Waals surface area (Å²) in [6, 6.07) is 3.63. The average Bonchev–Trinajstić information content (AvgIpc) is 2.84. The summed E-state index contributed by atoms with van der Waals surface area (Å²) in [7, 11) is -3.07. The Hall–Kier alpha value is -1.18. The average molecular weight is 287 g/mol. The van der Waals surface area contributed by atoms with Gasteiger partial charge in [-0.05, 0) is 24.6 Å². The van der Waals surface area contributed by atoms with Gasteiger partial charge in [-0.3, -0.25) is 0 Å². The SMILES string of the molecule is O=C(O)C=Cc1ccc(CN2CCCS2(=O)=O)s1. The van der Waals surface area contributed by atoms with E-state index in [1.165, 1.54) is 21.7 Å². The highest BCUT2D eigenvalue weighted by atomic mass is 32.2. The molecule has 0 saturated carbocycles. The Labute approximate surface area is 109 Å². The van der Waals surface area contributed by atoms with E-state index in [4.69, 9.17) is 5.11 Å². The summed E-state index contributed by atoms with van der Waals surface area (Å²) in [5, 5.41) is 8.51. The van der Waals surface area contributed by atoms with Gasteiger partial charge in [0.05, 0.1) is 5.75 Å². The minimum absolute atomic E-state index is 0.226. The lowest BCUT2D eigenvalue weighted by atomic mass is 10.4. The lowest BCUT2D eigenvalue weighted by Gasteiger charge is -2.12. The van der Waals surface area contributed by atoms with E-state index in [1.54, 1.807) is 6.07 Å². The Morgan fingerprint density at radius 2 is 2.28 bits per heavy atom. The lowest BCUT2D eigenvalue weighted by Crippen LogP contribution is -2.24. The normalized spacial score (nSPS) is 19.6. The predicted octanol–water partition coefficient (Wildman–Crippen LogP) is 1.38. The van der Waals surface area contributed by atoms with E-state index in [0.717, 1.165) is 15.8 Å². The van der Waals surface area contributed by atoms with Crippen LogP contribution in [-0.2, 0) is 21.4 Å². The fourth-order valence-electron chi connectivity index (χ4n) is 1.77. The second kappa shape index (κ2) is 5.21. The first-order valence-corrected chi connectivity index (χ1v) is 7.87. The van der Waals surface area contributed by atoms with Crippen molar-refractivity contribution in [2.75, 3.05) is 12.3 Å². The summed E-state index contributed by atoms with van der Waals surface area (Å²) in [6.45, 7) is 0.953. The molecule has 0 unspecified atom stereocenters. The van der Waals surface area contributed by atoms with Crippen molar-refractivity contribution in [1.82, 2.24) is 4.31 Å². The number of hydrogen-bond acceptors (Lipinski definition) is 4. The zero-order chi connectivity index (χ0) is 13.2. The van der Waals surface area contributed by atoms with Crippen LogP contribution in [0.1, 0.15) is 16.2 Å². The third kappa shape index (κ3) is 3.18. The van der Waals surface area contributed by atoms with Gasteiger partial charge in [-0.2, -0.15) is 4.31 Å². The third-order valence-corrected chi connectivity index (χ3v) is 5.55. The highest BCUT2D eigenvalue weighted by Gasteiger charge is 2.28. The van der Waals surface area contributed by atoms with Crippen molar-refractivity contribution in [3.63, 3.8) is 0 Å². The summed E-state index contributed by atoms with van der Waals surface area (Å²) < 4.78 is 24.7. The van der Waals surface area contributed by atoms with Gasteiger partial charge in [0, 0.05) is 28.9 Å². The Morgan fingerprint density at radius 3 is 2.89 bits per heavy atom. The summed E-state index contributed by atoms with van der Waals surface area (Å²) in [5.74, 6) is -0.767. The number of hydrogen-bond donors (Lipinski definition) is 1. The second-order valence-electron chi connectivity index (χ2n) is 3.98. The molecule has 2 rings (SSSR count). The van der Waals surface area contributed by atoms with E-state index in [1.807, 2.05) is 6.07 Å². The van der Waals surface area contributed by atoms with Crippen LogP contribution in [-0.4, -0.2) is 36.1 Å². The van der Waals surface area contributed by atoms with Crippen molar-refractivity contribution in [3.05, 3.63) is 28.0 Å². The number of aliphatic carboxylic acids is 1. The fourth-order valence-corrected chi connectivity index (χ4v) is 4.27. The maximum Gasteiger partial charge on any atom is 0.328 e. The predicted molar refractivity (Wildman–Crippen MR) is 69.8 cm³/mol. The number of carboxylic acid groups (broad SMARTS) is 1. The van der Waals surface area contributed by atoms with Crippen LogP contribution in [0.2, 0.25) is 0 Å². The first kappa shape index (κ1) is 13.3. The van der Waals surface area contributed by atoms with Crippen molar-refractivity contribution < 1.29 is 18.3 Å². The summed E-state index contributed by atoms with van der Waals surface area (Å²) in [4.78, 5) is 12.1. The van der Waals surface area contributed by atoms with Gasteiger partial charge in [0.2, 0.25) is 10.0 Å². The highest BCUT2D eigenvalue weighted by Crippen LogP contribution is 2.23. The zero-order valence-corrected chi connectivity index (χ0v) is 11.2. The molecule has 0 spiro atoms. The van der Waals surface area contributed by atoms with Gasteiger partial charge in [0.1, 0.15) is 0 Å². The Kier molecular flexibility index (Phi) is 3.84. The van der Waals surface area contributed by atoms with Gasteiger partial charge in [0.15, 0.2) is 0 Å². The molecule has 0 atom stereocenters. The molecule has 5 nitrogen and oxygen atoms in total. The highest BCUT2D eigenvalue weighted by molar-refractivity contribution is 7.89. The van der Waals surface area contributed by atoms with E-state index in [0.29, 0.717) is 19.5 Å². The molecule has 1 N–H and O–H groups in total. The van der Waals surface area contributed by atoms with Gasteiger partial charge in [-0.15, -0.1) is 11.3 Å². The minimum Gasteiger partial charge on any atom is -0.478 e. The number of thiophene rings is 1. The molecule has 1 aliphatic heterocycles. The number of carboxylic acids is 1. The molecular formula is C11H13NO4S2. The molecule has 0 aliphatic carbocycles. The molecule has 0 aromatic carbocycles. The van der Waals surface area contributed by atoms with E-state index >= 15 is 0 Å². The monoisotopic (exact) mass is 287 g/mol. The van der Waals surface area contributed by atoms with Gasteiger partial charge >= 0.3 is 5.97 Å². The molecular weight excluding hydrogens is 274 g/mol. The second-order valence-corrected chi connectivity index (χ2v) is 7.27. The quantitative estimate of drug-likeness (QED) is 0.849. The smallest absolute Gasteiger partial charge is 0.328 e.